The number of hydrogen-bond donors (Lipinski definition) is 2. The van der Waals surface area contributed by atoms with E-state index in [9.17, 15) is 10.2 Å². The monoisotopic (exact) mass is 216 g/mol. The molecule has 0 radical (unpaired) electrons. The van der Waals surface area contributed by atoms with Crippen LogP contribution in [0.2, 0.25) is 0 Å². The topological polar surface area (TPSA) is 49.7 Å². The van der Waals surface area contributed by atoms with Crippen LogP contribution in [0.5, 0.6) is 0 Å². The van der Waals surface area contributed by atoms with Crippen LogP contribution in [-0.2, 0) is 4.74 Å². The molecule has 1 aliphatic rings. The van der Waals surface area contributed by atoms with Crippen molar-refractivity contribution in [2.75, 3.05) is 13.2 Å². The lowest BCUT2D eigenvalue weighted by Crippen LogP contribution is -2.39. The van der Waals surface area contributed by atoms with E-state index in [0.29, 0.717) is 12.3 Å². The standard InChI is InChI=1S/C12H24O3/c1-12(2,3)11(14)10(13)8-9-4-6-15-7-5-9/h9-11,13-14H,4-8H2,1-3H3. The predicted molar refractivity (Wildman–Crippen MR) is 59.6 cm³/mol. The van der Waals surface area contributed by atoms with Crippen LogP contribution in [0.15, 0.2) is 0 Å². The fraction of sp³-hybridized carbons (Fsp3) is 1.00. The molecule has 1 saturated heterocycles. The van der Waals surface area contributed by atoms with Gasteiger partial charge in [-0.05, 0) is 30.6 Å². The molecule has 0 amide bonds. The SMILES string of the molecule is CC(C)(C)C(O)C(O)CC1CCOCC1. The van der Waals surface area contributed by atoms with Crippen LogP contribution in [0.3, 0.4) is 0 Å². The van der Waals surface area contributed by atoms with Crippen LogP contribution in [0.1, 0.15) is 40.0 Å². The molecular formula is C12H24O3. The molecule has 15 heavy (non-hydrogen) atoms. The molecule has 0 bridgehead atoms. The summed E-state index contributed by atoms with van der Waals surface area (Å²) in [5.74, 6) is 0.505. The van der Waals surface area contributed by atoms with E-state index in [-0.39, 0.29) is 5.41 Å². The Hall–Kier alpha value is -0.120. The second-order valence-electron chi connectivity index (χ2n) is 5.67. The first-order chi connectivity index (χ1) is 6.91. The fourth-order valence-electron chi connectivity index (χ4n) is 2.03. The lowest BCUT2D eigenvalue weighted by atomic mass is 9.81. The van der Waals surface area contributed by atoms with E-state index in [1.54, 1.807) is 0 Å². The van der Waals surface area contributed by atoms with Crippen molar-refractivity contribution < 1.29 is 14.9 Å². The Morgan fingerprint density at radius 3 is 2.20 bits per heavy atom. The summed E-state index contributed by atoms with van der Waals surface area (Å²) in [5, 5.41) is 19.8. The van der Waals surface area contributed by atoms with Gasteiger partial charge in [0, 0.05) is 13.2 Å². The minimum atomic E-state index is -0.639. The molecule has 2 atom stereocenters. The summed E-state index contributed by atoms with van der Waals surface area (Å²) in [4.78, 5) is 0. The number of rotatable bonds is 3. The van der Waals surface area contributed by atoms with Crippen LogP contribution in [-0.4, -0.2) is 35.6 Å². The van der Waals surface area contributed by atoms with E-state index in [1.807, 2.05) is 20.8 Å². The first-order valence-electron chi connectivity index (χ1n) is 5.85. The molecule has 0 aliphatic carbocycles. The van der Waals surface area contributed by atoms with Crippen molar-refractivity contribution in [3.8, 4) is 0 Å². The van der Waals surface area contributed by atoms with Crippen LogP contribution < -0.4 is 0 Å². The van der Waals surface area contributed by atoms with Gasteiger partial charge >= 0.3 is 0 Å². The zero-order chi connectivity index (χ0) is 11.5. The quantitative estimate of drug-likeness (QED) is 0.753. The average molecular weight is 216 g/mol. The smallest absolute Gasteiger partial charge is 0.0847 e. The van der Waals surface area contributed by atoms with Crippen LogP contribution in [0.4, 0.5) is 0 Å². The van der Waals surface area contributed by atoms with Gasteiger partial charge in [-0.1, -0.05) is 20.8 Å². The third-order valence-corrected chi connectivity index (χ3v) is 3.17. The second-order valence-corrected chi connectivity index (χ2v) is 5.67. The second kappa shape index (κ2) is 5.28. The maximum absolute atomic E-state index is 9.91. The Bertz CT molecular complexity index is 180. The first-order valence-corrected chi connectivity index (χ1v) is 5.85. The zero-order valence-electron chi connectivity index (χ0n) is 10.1. The molecule has 0 aromatic carbocycles. The van der Waals surface area contributed by atoms with E-state index < -0.39 is 12.2 Å². The van der Waals surface area contributed by atoms with Crippen LogP contribution in [0.25, 0.3) is 0 Å². The lowest BCUT2D eigenvalue weighted by molar-refractivity contribution is -0.0607. The number of ether oxygens (including phenoxy) is 1. The summed E-state index contributed by atoms with van der Waals surface area (Å²) in [6.07, 6.45) is 1.47. The van der Waals surface area contributed by atoms with Crippen molar-refractivity contribution in [2.24, 2.45) is 11.3 Å². The minimum Gasteiger partial charge on any atom is -0.390 e. The zero-order valence-corrected chi connectivity index (χ0v) is 10.1. The number of hydrogen-bond acceptors (Lipinski definition) is 3. The highest BCUT2D eigenvalue weighted by atomic mass is 16.5. The molecule has 1 heterocycles. The van der Waals surface area contributed by atoms with Gasteiger partial charge in [-0.2, -0.15) is 0 Å². The number of aliphatic hydroxyl groups is 2. The predicted octanol–water partition coefficient (Wildman–Crippen LogP) is 1.57. The highest BCUT2D eigenvalue weighted by Crippen LogP contribution is 2.27. The van der Waals surface area contributed by atoms with Gasteiger partial charge in [0.05, 0.1) is 12.2 Å². The summed E-state index contributed by atoms with van der Waals surface area (Å²) in [6.45, 7) is 7.44. The van der Waals surface area contributed by atoms with Gasteiger partial charge < -0.3 is 14.9 Å². The van der Waals surface area contributed by atoms with E-state index in [2.05, 4.69) is 0 Å². The van der Waals surface area contributed by atoms with Gasteiger partial charge in [0.2, 0.25) is 0 Å². The number of aliphatic hydroxyl groups excluding tert-OH is 2. The Kier molecular flexibility index (Phi) is 4.56. The molecule has 2 N–H and O–H groups in total. The molecular weight excluding hydrogens is 192 g/mol. The van der Waals surface area contributed by atoms with Gasteiger partial charge in [-0.3, -0.25) is 0 Å². The van der Waals surface area contributed by atoms with Crippen LogP contribution >= 0.6 is 0 Å². The van der Waals surface area contributed by atoms with Gasteiger partial charge in [0.25, 0.3) is 0 Å². The maximum Gasteiger partial charge on any atom is 0.0847 e. The van der Waals surface area contributed by atoms with Crippen molar-refractivity contribution in [1.29, 1.82) is 0 Å². The average Bonchev–Trinajstić information content (AvgIpc) is 2.16. The van der Waals surface area contributed by atoms with Crippen molar-refractivity contribution in [2.45, 2.75) is 52.2 Å². The summed E-state index contributed by atoms with van der Waals surface area (Å²) in [6, 6.07) is 0. The summed E-state index contributed by atoms with van der Waals surface area (Å²) < 4.78 is 5.26. The van der Waals surface area contributed by atoms with Crippen LogP contribution in [0, 0.1) is 11.3 Å². The Morgan fingerprint density at radius 2 is 1.73 bits per heavy atom. The molecule has 0 aromatic heterocycles. The normalized spacial score (nSPS) is 23.8. The van der Waals surface area contributed by atoms with Crippen molar-refractivity contribution in [3.63, 3.8) is 0 Å². The molecule has 3 nitrogen and oxygen atoms in total. The van der Waals surface area contributed by atoms with Gasteiger partial charge in [-0.25, -0.2) is 0 Å². The Balaban J connectivity index is 2.36. The molecule has 0 aromatic rings. The highest BCUT2D eigenvalue weighted by molar-refractivity contribution is 4.81. The molecule has 2 unspecified atom stereocenters. The molecule has 1 fully saturated rings. The molecule has 90 valence electrons. The summed E-state index contributed by atoms with van der Waals surface area (Å²) >= 11 is 0. The van der Waals surface area contributed by atoms with Crippen molar-refractivity contribution in [3.05, 3.63) is 0 Å². The van der Waals surface area contributed by atoms with E-state index in [4.69, 9.17) is 4.74 Å². The fourth-order valence-corrected chi connectivity index (χ4v) is 2.03. The first kappa shape index (κ1) is 12.9. The maximum atomic E-state index is 9.91. The Morgan fingerprint density at radius 1 is 1.20 bits per heavy atom. The van der Waals surface area contributed by atoms with E-state index in [0.717, 1.165) is 26.1 Å². The van der Waals surface area contributed by atoms with Gasteiger partial charge in [0.15, 0.2) is 0 Å². The molecule has 1 aliphatic heterocycles. The molecule has 0 saturated carbocycles. The molecule has 3 heteroatoms. The van der Waals surface area contributed by atoms with E-state index >= 15 is 0 Å². The molecule has 0 spiro atoms. The Labute approximate surface area is 92.4 Å². The van der Waals surface area contributed by atoms with Crippen molar-refractivity contribution >= 4 is 0 Å². The third-order valence-electron chi connectivity index (χ3n) is 3.17. The highest BCUT2D eigenvalue weighted by Gasteiger charge is 2.31. The summed E-state index contributed by atoms with van der Waals surface area (Å²) in [7, 11) is 0. The van der Waals surface area contributed by atoms with Gasteiger partial charge in [-0.15, -0.1) is 0 Å². The lowest BCUT2D eigenvalue weighted by Gasteiger charge is -2.32. The third kappa shape index (κ3) is 4.09. The van der Waals surface area contributed by atoms with Crippen molar-refractivity contribution in [1.82, 2.24) is 0 Å². The van der Waals surface area contributed by atoms with Gasteiger partial charge in [0.1, 0.15) is 0 Å². The summed E-state index contributed by atoms with van der Waals surface area (Å²) in [5.41, 5.74) is -0.245. The minimum absolute atomic E-state index is 0.245. The largest absolute Gasteiger partial charge is 0.390 e. The molecule has 1 rings (SSSR count). The van der Waals surface area contributed by atoms with E-state index in [1.165, 1.54) is 0 Å².